The van der Waals surface area contributed by atoms with Gasteiger partial charge in [-0.25, -0.2) is 9.13 Å². The Morgan fingerprint density at radius 1 is 0.769 bits per heavy atom. The number of imidazole rings is 1. The molecule has 0 spiro atoms. The van der Waals surface area contributed by atoms with Gasteiger partial charge in [-0.3, -0.25) is 0 Å². The molecule has 2 aromatic rings. The summed E-state index contributed by atoms with van der Waals surface area (Å²) in [6, 6.07) is 10.8. The van der Waals surface area contributed by atoms with Crippen molar-refractivity contribution < 1.29 is 4.57 Å². The van der Waals surface area contributed by atoms with E-state index in [1.165, 1.54) is 82.0 Å². The Labute approximate surface area is 161 Å². The van der Waals surface area contributed by atoms with Crippen molar-refractivity contribution in [3.8, 4) is 0 Å². The summed E-state index contributed by atoms with van der Waals surface area (Å²) in [5.41, 5.74) is 1.38. The maximum Gasteiger partial charge on any atom is 0.256 e. The van der Waals surface area contributed by atoms with Crippen LogP contribution in [-0.2, 0) is 19.5 Å². The highest BCUT2D eigenvalue weighted by atomic mass is 15.1. The van der Waals surface area contributed by atoms with Crippen LogP contribution in [0.1, 0.15) is 89.4 Å². The number of hydrogen-bond acceptors (Lipinski definition) is 0. The zero-order valence-corrected chi connectivity index (χ0v) is 17.1. The molecule has 0 atom stereocenters. The van der Waals surface area contributed by atoms with Crippen molar-refractivity contribution in [2.24, 2.45) is 0 Å². The highest BCUT2D eigenvalue weighted by Crippen LogP contribution is 2.12. The van der Waals surface area contributed by atoms with Crippen molar-refractivity contribution in [3.05, 3.63) is 54.1 Å². The van der Waals surface area contributed by atoms with Gasteiger partial charge in [0.15, 0.2) is 0 Å². The average Bonchev–Trinajstić information content (AvgIpc) is 3.05. The van der Waals surface area contributed by atoms with Gasteiger partial charge in [-0.1, -0.05) is 95.0 Å². The fourth-order valence-corrected chi connectivity index (χ4v) is 3.77. The lowest BCUT2D eigenvalue weighted by Gasteiger charge is -2.05. The molecule has 0 N–H and O–H groups in total. The molecule has 1 heterocycles. The van der Waals surface area contributed by atoms with E-state index in [0.29, 0.717) is 0 Å². The van der Waals surface area contributed by atoms with Gasteiger partial charge < -0.3 is 0 Å². The summed E-state index contributed by atoms with van der Waals surface area (Å²) in [5, 5.41) is 0. The molecule has 2 rings (SSSR count). The van der Waals surface area contributed by atoms with Gasteiger partial charge in [0.25, 0.3) is 5.82 Å². The number of aromatic nitrogens is 2. The average molecular weight is 356 g/mol. The Kier molecular flexibility index (Phi) is 10.2. The monoisotopic (exact) mass is 355 g/mol. The Morgan fingerprint density at radius 3 is 2.00 bits per heavy atom. The van der Waals surface area contributed by atoms with Crippen LogP contribution in [0.3, 0.4) is 0 Å². The van der Waals surface area contributed by atoms with Crippen LogP contribution in [0.5, 0.6) is 0 Å². The standard InChI is InChI=1S/C24H39N2/c1-3-5-6-7-8-9-10-11-12-16-19-24-25(4-2)20-21-26(24)22-23-17-14-13-15-18-23/h13-15,17-18,20-21H,3-12,16,19,22H2,1-2H3/q+1. The first-order valence-electron chi connectivity index (χ1n) is 11.0. The van der Waals surface area contributed by atoms with Gasteiger partial charge in [0.1, 0.15) is 18.9 Å². The summed E-state index contributed by atoms with van der Waals surface area (Å²) in [7, 11) is 0. The Bertz CT molecular complexity index is 586. The van der Waals surface area contributed by atoms with Gasteiger partial charge in [-0.15, -0.1) is 0 Å². The van der Waals surface area contributed by atoms with Crippen LogP contribution in [0.15, 0.2) is 42.7 Å². The first kappa shape index (κ1) is 20.7. The summed E-state index contributed by atoms with van der Waals surface area (Å²) in [6.45, 7) is 6.59. The normalized spacial score (nSPS) is 11.2. The van der Waals surface area contributed by atoms with Crippen molar-refractivity contribution in [1.82, 2.24) is 4.57 Å². The van der Waals surface area contributed by atoms with Crippen LogP contribution < -0.4 is 4.57 Å². The maximum absolute atomic E-state index is 2.44. The third-order valence-corrected chi connectivity index (χ3v) is 5.38. The van der Waals surface area contributed by atoms with Crippen LogP contribution >= 0.6 is 0 Å². The fraction of sp³-hybridized carbons (Fsp3) is 0.625. The van der Waals surface area contributed by atoms with Gasteiger partial charge in [0.2, 0.25) is 0 Å². The Balaban J connectivity index is 1.69. The lowest BCUT2D eigenvalue weighted by Crippen LogP contribution is -2.37. The SMILES string of the molecule is CCCCCCCCCCCCc1n(CC)cc[n+]1Cc1ccccc1. The second-order valence-electron chi connectivity index (χ2n) is 7.55. The van der Waals surface area contributed by atoms with Crippen LogP contribution in [0.4, 0.5) is 0 Å². The van der Waals surface area contributed by atoms with Gasteiger partial charge in [-0.2, -0.15) is 0 Å². The molecule has 0 saturated carbocycles. The minimum Gasteiger partial charge on any atom is -0.235 e. The molecular weight excluding hydrogens is 316 g/mol. The van der Waals surface area contributed by atoms with Gasteiger partial charge >= 0.3 is 0 Å². The summed E-state index contributed by atoms with van der Waals surface area (Å²) in [4.78, 5) is 0. The van der Waals surface area contributed by atoms with E-state index in [1.807, 2.05) is 0 Å². The first-order valence-corrected chi connectivity index (χ1v) is 11.0. The van der Waals surface area contributed by atoms with Crippen LogP contribution in [0.2, 0.25) is 0 Å². The maximum atomic E-state index is 2.44. The van der Waals surface area contributed by atoms with E-state index in [0.717, 1.165) is 13.1 Å². The second-order valence-corrected chi connectivity index (χ2v) is 7.55. The van der Waals surface area contributed by atoms with Gasteiger partial charge in [0, 0.05) is 6.42 Å². The Morgan fingerprint density at radius 2 is 1.38 bits per heavy atom. The molecule has 0 bridgehead atoms. The van der Waals surface area contributed by atoms with Crippen LogP contribution in [-0.4, -0.2) is 4.57 Å². The minimum absolute atomic E-state index is 0.987. The van der Waals surface area contributed by atoms with Crippen LogP contribution in [0.25, 0.3) is 0 Å². The predicted octanol–water partition coefficient (Wildman–Crippen LogP) is 6.31. The molecule has 0 unspecified atom stereocenters. The first-order chi connectivity index (χ1) is 12.8. The number of hydrogen-bond donors (Lipinski definition) is 0. The molecule has 0 amide bonds. The third-order valence-electron chi connectivity index (χ3n) is 5.38. The zero-order valence-electron chi connectivity index (χ0n) is 17.1. The molecule has 1 aromatic carbocycles. The molecule has 0 aliphatic carbocycles. The third kappa shape index (κ3) is 7.35. The van der Waals surface area contributed by atoms with Crippen molar-refractivity contribution in [2.45, 2.75) is 97.6 Å². The molecule has 2 nitrogen and oxygen atoms in total. The molecule has 0 saturated heterocycles. The molecule has 0 aliphatic rings. The van der Waals surface area contributed by atoms with Crippen molar-refractivity contribution in [1.29, 1.82) is 0 Å². The predicted molar refractivity (Wildman–Crippen MR) is 111 cm³/mol. The molecule has 2 heteroatoms. The topological polar surface area (TPSA) is 8.81 Å². The highest BCUT2D eigenvalue weighted by molar-refractivity contribution is 5.13. The number of unbranched alkanes of at least 4 members (excludes halogenated alkanes) is 9. The van der Waals surface area contributed by atoms with E-state index < -0.39 is 0 Å². The molecular formula is C24H39N2+. The van der Waals surface area contributed by atoms with Gasteiger partial charge in [-0.05, 0) is 18.9 Å². The molecule has 0 aliphatic heterocycles. The number of benzene rings is 1. The second kappa shape index (κ2) is 12.7. The number of nitrogens with zero attached hydrogens (tertiary/aromatic N) is 2. The van der Waals surface area contributed by atoms with Crippen molar-refractivity contribution in [3.63, 3.8) is 0 Å². The quantitative estimate of drug-likeness (QED) is 0.277. The lowest BCUT2D eigenvalue weighted by atomic mass is 10.1. The summed E-state index contributed by atoms with van der Waals surface area (Å²) in [6.07, 6.45) is 19.7. The molecule has 0 radical (unpaired) electrons. The van der Waals surface area contributed by atoms with E-state index in [9.17, 15) is 0 Å². The summed E-state index contributed by atoms with van der Waals surface area (Å²) >= 11 is 0. The summed E-state index contributed by atoms with van der Waals surface area (Å²) in [5.74, 6) is 1.48. The van der Waals surface area contributed by atoms with E-state index in [-0.39, 0.29) is 0 Å². The fourth-order valence-electron chi connectivity index (χ4n) is 3.77. The van der Waals surface area contributed by atoms with Crippen molar-refractivity contribution >= 4 is 0 Å². The lowest BCUT2D eigenvalue weighted by molar-refractivity contribution is -0.695. The van der Waals surface area contributed by atoms with E-state index in [1.54, 1.807) is 0 Å². The van der Waals surface area contributed by atoms with E-state index >= 15 is 0 Å². The highest BCUT2D eigenvalue weighted by Gasteiger charge is 2.15. The molecule has 1 aromatic heterocycles. The molecule has 0 fully saturated rings. The Hall–Kier alpha value is -1.57. The van der Waals surface area contributed by atoms with E-state index in [4.69, 9.17) is 0 Å². The smallest absolute Gasteiger partial charge is 0.235 e. The van der Waals surface area contributed by atoms with Crippen molar-refractivity contribution in [2.75, 3.05) is 0 Å². The van der Waals surface area contributed by atoms with Crippen LogP contribution in [0, 0.1) is 0 Å². The number of aryl methyl sites for hydroxylation is 1. The summed E-state index contributed by atoms with van der Waals surface area (Å²) < 4.78 is 4.85. The number of rotatable bonds is 14. The zero-order chi connectivity index (χ0) is 18.5. The minimum atomic E-state index is 0.987. The molecule has 26 heavy (non-hydrogen) atoms. The van der Waals surface area contributed by atoms with Gasteiger partial charge in [0.05, 0.1) is 6.54 Å². The molecule has 144 valence electrons. The van der Waals surface area contributed by atoms with E-state index in [2.05, 4.69) is 65.7 Å². The largest absolute Gasteiger partial charge is 0.256 e.